The molecule has 2 heterocycles. The van der Waals surface area contributed by atoms with E-state index >= 15 is 0 Å². The van der Waals surface area contributed by atoms with Crippen LogP contribution in [-0.2, 0) is 4.79 Å². The van der Waals surface area contributed by atoms with Crippen LogP contribution in [0.1, 0.15) is 18.1 Å². The van der Waals surface area contributed by atoms with E-state index in [-0.39, 0.29) is 5.91 Å². The van der Waals surface area contributed by atoms with Gasteiger partial charge in [-0.2, -0.15) is 0 Å². The number of ether oxygens (including phenoxy) is 1. The number of nitrogens with one attached hydrogen (secondary N) is 1. The summed E-state index contributed by atoms with van der Waals surface area (Å²) >= 11 is 1.36. The van der Waals surface area contributed by atoms with Crippen molar-refractivity contribution in [2.24, 2.45) is 4.99 Å². The molecule has 202 valence electrons. The van der Waals surface area contributed by atoms with Gasteiger partial charge in [-0.1, -0.05) is 72.8 Å². The van der Waals surface area contributed by atoms with E-state index in [1.807, 2.05) is 92.7 Å². The average Bonchev–Trinajstić information content (AvgIpc) is 3.54. The van der Waals surface area contributed by atoms with Gasteiger partial charge in [-0.25, -0.2) is 4.99 Å². The average molecular weight is 556 g/mol. The summed E-state index contributed by atoms with van der Waals surface area (Å²) in [5, 5.41) is 3.51. The highest BCUT2D eigenvalue weighted by atomic mass is 32.2. The van der Waals surface area contributed by atoms with Gasteiger partial charge in [0, 0.05) is 11.3 Å². The molecule has 0 unspecified atom stereocenters. The van der Waals surface area contributed by atoms with Crippen molar-refractivity contribution >= 4 is 34.6 Å². The van der Waals surface area contributed by atoms with E-state index in [0.717, 1.165) is 50.8 Å². The van der Waals surface area contributed by atoms with E-state index in [0.29, 0.717) is 16.7 Å². The van der Waals surface area contributed by atoms with Gasteiger partial charge in [-0.3, -0.25) is 4.79 Å². The zero-order valence-electron chi connectivity index (χ0n) is 22.9. The van der Waals surface area contributed by atoms with Crippen LogP contribution >= 0.6 is 11.8 Å². The Morgan fingerprint density at radius 3 is 2.24 bits per heavy atom. The third-order valence-corrected chi connectivity index (χ3v) is 7.63. The van der Waals surface area contributed by atoms with E-state index in [4.69, 9.17) is 4.74 Å². The quantitative estimate of drug-likeness (QED) is 0.205. The minimum Gasteiger partial charge on any atom is -0.494 e. The van der Waals surface area contributed by atoms with Crippen LogP contribution in [0.4, 0.5) is 5.69 Å². The Morgan fingerprint density at radius 1 is 0.854 bits per heavy atom. The summed E-state index contributed by atoms with van der Waals surface area (Å²) in [4.78, 5) is 18.4. The van der Waals surface area contributed by atoms with Crippen molar-refractivity contribution in [2.45, 2.75) is 13.8 Å². The molecule has 0 bridgehead atoms. The number of carbonyl (C=O) groups is 1. The van der Waals surface area contributed by atoms with E-state index in [1.54, 1.807) is 0 Å². The molecule has 6 rings (SSSR count). The number of amidine groups is 1. The highest BCUT2D eigenvalue weighted by Crippen LogP contribution is 2.39. The van der Waals surface area contributed by atoms with Gasteiger partial charge in [0.25, 0.3) is 5.91 Å². The number of aryl methyl sites for hydroxylation is 1. The first-order valence-corrected chi connectivity index (χ1v) is 14.4. The fourth-order valence-electron chi connectivity index (χ4n) is 4.92. The van der Waals surface area contributed by atoms with Crippen LogP contribution in [0.25, 0.3) is 34.3 Å². The number of aromatic nitrogens is 1. The Bertz CT molecular complexity index is 1750. The molecule has 1 fully saturated rings. The lowest BCUT2D eigenvalue weighted by Gasteiger charge is -2.16. The fourth-order valence-corrected chi connectivity index (χ4v) is 5.75. The van der Waals surface area contributed by atoms with Gasteiger partial charge in [0.15, 0.2) is 5.17 Å². The van der Waals surface area contributed by atoms with Gasteiger partial charge >= 0.3 is 0 Å². The van der Waals surface area contributed by atoms with E-state index < -0.39 is 0 Å². The number of carbonyl (C=O) groups excluding carboxylic acids is 1. The predicted octanol–water partition coefficient (Wildman–Crippen LogP) is 8.41. The van der Waals surface area contributed by atoms with Crippen LogP contribution in [0.5, 0.6) is 5.75 Å². The number of nitrogens with zero attached hydrogens (tertiary/aromatic N) is 2. The second-order valence-electron chi connectivity index (χ2n) is 9.65. The monoisotopic (exact) mass is 555 g/mol. The standard InChI is InChI=1S/C35H29N3O2S/c1-3-40-30-19-17-29(18-20-30)38-31(25-12-6-4-7-13-25)22-27(33(38)26-14-8-5-9-15-26)23-32-34(39)37-35(41-32)36-28-16-10-11-24(2)21-28/h4-23H,3H2,1-2H3,(H,36,37,39)/b32-23+. The number of rotatable bonds is 7. The van der Waals surface area contributed by atoms with Crippen LogP contribution in [0.15, 0.2) is 125 Å². The lowest BCUT2D eigenvalue weighted by molar-refractivity contribution is -0.115. The number of amides is 1. The summed E-state index contributed by atoms with van der Waals surface area (Å²) < 4.78 is 7.97. The van der Waals surface area contributed by atoms with Crippen molar-refractivity contribution in [1.82, 2.24) is 9.88 Å². The molecule has 6 heteroatoms. The molecule has 4 aromatic carbocycles. The zero-order valence-corrected chi connectivity index (χ0v) is 23.7. The van der Waals surface area contributed by atoms with Gasteiger partial charge in [0.05, 0.1) is 28.6 Å². The number of hydrogen-bond acceptors (Lipinski definition) is 4. The van der Waals surface area contributed by atoms with E-state index in [1.165, 1.54) is 11.8 Å². The maximum Gasteiger partial charge on any atom is 0.264 e. The molecule has 0 aliphatic carbocycles. The molecule has 1 aliphatic rings. The van der Waals surface area contributed by atoms with Gasteiger partial charge in [0.2, 0.25) is 0 Å². The van der Waals surface area contributed by atoms with Gasteiger partial charge < -0.3 is 14.6 Å². The second-order valence-corrected chi connectivity index (χ2v) is 10.7. The maximum atomic E-state index is 13.1. The van der Waals surface area contributed by atoms with E-state index in [2.05, 4.69) is 57.3 Å². The normalized spacial score (nSPS) is 14.9. The van der Waals surface area contributed by atoms with Crippen LogP contribution in [0.2, 0.25) is 0 Å². The summed E-state index contributed by atoms with van der Waals surface area (Å²) in [6.45, 7) is 4.62. The zero-order chi connectivity index (χ0) is 28.2. The Hall–Kier alpha value is -4.81. The van der Waals surface area contributed by atoms with Crippen molar-refractivity contribution < 1.29 is 9.53 Å². The van der Waals surface area contributed by atoms with Crippen molar-refractivity contribution in [2.75, 3.05) is 6.61 Å². The smallest absolute Gasteiger partial charge is 0.264 e. The lowest BCUT2D eigenvalue weighted by atomic mass is 10.1. The summed E-state index contributed by atoms with van der Waals surface area (Å²) in [7, 11) is 0. The Kier molecular flexibility index (Phi) is 7.56. The van der Waals surface area contributed by atoms with Crippen molar-refractivity contribution in [3.63, 3.8) is 0 Å². The molecule has 1 amide bonds. The molecule has 0 spiro atoms. The molecule has 1 aliphatic heterocycles. The topological polar surface area (TPSA) is 55.6 Å². The molecule has 1 N–H and O–H groups in total. The first kappa shape index (κ1) is 26.4. The predicted molar refractivity (Wildman–Crippen MR) is 170 cm³/mol. The van der Waals surface area contributed by atoms with Gasteiger partial charge in [0.1, 0.15) is 5.75 Å². The third-order valence-electron chi connectivity index (χ3n) is 6.72. The molecular weight excluding hydrogens is 526 g/mol. The van der Waals surface area contributed by atoms with Crippen LogP contribution < -0.4 is 10.1 Å². The first-order chi connectivity index (χ1) is 20.1. The maximum absolute atomic E-state index is 13.1. The Morgan fingerprint density at radius 2 is 1.56 bits per heavy atom. The van der Waals surface area contributed by atoms with Crippen molar-refractivity contribution in [3.05, 3.63) is 131 Å². The lowest BCUT2D eigenvalue weighted by Crippen LogP contribution is -2.19. The summed E-state index contributed by atoms with van der Waals surface area (Å²) in [6, 6.07) is 38.8. The third kappa shape index (κ3) is 5.74. The molecule has 41 heavy (non-hydrogen) atoms. The molecule has 0 saturated carbocycles. The number of thioether (sulfide) groups is 1. The fraction of sp³-hybridized carbons (Fsp3) is 0.0857. The van der Waals surface area contributed by atoms with Crippen LogP contribution in [0.3, 0.4) is 0 Å². The molecule has 5 nitrogen and oxygen atoms in total. The first-order valence-electron chi connectivity index (χ1n) is 13.5. The minimum absolute atomic E-state index is 0.157. The van der Waals surface area contributed by atoms with Crippen molar-refractivity contribution in [3.8, 4) is 34.0 Å². The molecule has 0 radical (unpaired) electrons. The summed E-state index contributed by atoms with van der Waals surface area (Å²) in [6.07, 6.45) is 1.97. The molecule has 1 saturated heterocycles. The van der Waals surface area contributed by atoms with Gasteiger partial charge in [-0.05, 0) is 90.8 Å². The molecule has 0 atom stereocenters. The number of aliphatic imine (C=N–C) groups is 1. The molecule has 5 aromatic rings. The number of hydrogen-bond donors (Lipinski definition) is 1. The second kappa shape index (κ2) is 11.7. The highest BCUT2D eigenvalue weighted by Gasteiger charge is 2.26. The van der Waals surface area contributed by atoms with Crippen LogP contribution in [-0.4, -0.2) is 22.2 Å². The highest BCUT2D eigenvalue weighted by molar-refractivity contribution is 8.18. The van der Waals surface area contributed by atoms with Crippen LogP contribution in [0, 0.1) is 6.92 Å². The van der Waals surface area contributed by atoms with E-state index in [9.17, 15) is 4.79 Å². The minimum atomic E-state index is -0.157. The molecule has 1 aromatic heterocycles. The SMILES string of the molecule is CCOc1ccc(-n2c(-c3ccccc3)cc(/C=C3/SC(=Nc4cccc(C)c4)NC3=O)c2-c2ccccc2)cc1. The summed E-state index contributed by atoms with van der Waals surface area (Å²) in [5.41, 5.74) is 8.03. The summed E-state index contributed by atoms with van der Waals surface area (Å²) in [5.74, 6) is 0.670. The Labute approximate surface area is 244 Å². The molecular formula is C35H29N3O2S. The van der Waals surface area contributed by atoms with Crippen molar-refractivity contribution in [1.29, 1.82) is 0 Å². The largest absolute Gasteiger partial charge is 0.494 e. The Balaban J connectivity index is 1.51. The van der Waals surface area contributed by atoms with Gasteiger partial charge in [-0.15, -0.1) is 0 Å². The number of benzene rings is 4.